The van der Waals surface area contributed by atoms with Crippen LogP contribution in [0.4, 0.5) is 5.69 Å². The van der Waals surface area contributed by atoms with Gasteiger partial charge in [0.2, 0.25) is 10.0 Å². The number of ether oxygens (including phenoxy) is 2. The summed E-state index contributed by atoms with van der Waals surface area (Å²) in [6, 6.07) is 32.4. The van der Waals surface area contributed by atoms with Gasteiger partial charge in [-0.2, -0.15) is 0 Å². The first-order chi connectivity index (χ1) is 29.2. The molecule has 2 aliphatic heterocycles. The predicted octanol–water partition coefficient (Wildman–Crippen LogP) is 8.99. The van der Waals surface area contributed by atoms with Gasteiger partial charge < -0.3 is 18.8 Å². The van der Waals surface area contributed by atoms with Crippen molar-refractivity contribution in [3.63, 3.8) is 0 Å². The molecule has 2 bridgehead atoms. The number of sulfonamides is 1. The van der Waals surface area contributed by atoms with E-state index in [1.54, 1.807) is 13.2 Å². The maximum absolute atomic E-state index is 14.6. The average Bonchev–Trinajstić information content (AvgIpc) is 3.38. The molecule has 61 heavy (non-hydrogen) atoms. The molecule has 0 radical (unpaired) electrons. The molecule has 1 saturated carbocycles. The molecule has 6 atom stereocenters. The number of halogens is 1. The van der Waals surface area contributed by atoms with Gasteiger partial charge in [0.05, 0.1) is 23.6 Å². The molecule has 0 aromatic heterocycles. The number of nitrogens with one attached hydrogen (secondary N) is 1. The van der Waals surface area contributed by atoms with Crippen molar-refractivity contribution in [2.24, 2.45) is 11.8 Å². The van der Waals surface area contributed by atoms with Crippen LogP contribution < -0.4 is 24.7 Å². The molecule has 11 heteroatoms. The molecular formula is C50H61ClN2O6SSi. The van der Waals surface area contributed by atoms with Crippen LogP contribution in [0.2, 0.25) is 10.1 Å². The molecule has 1 fully saturated rings. The van der Waals surface area contributed by atoms with Gasteiger partial charge in [-0.05, 0) is 127 Å². The van der Waals surface area contributed by atoms with Crippen LogP contribution in [0.1, 0.15) is 94.1 Å². The maximum atomic E-state index is 14.6. The van der Waals surface area contributed by atoms with E-state index < -0.39 is 35.6 Å². The van der Waals surface area contributed by atoms with Crippen LogP contribution in [0.3, 0.4) is 0 Å². The monoisotopic (exact) mass is 880 g/mol. The maximum Gasteiger partial charge on any atom is 0.264 e. The number of benzene rings is 4. The second kappa shape index (κ2) is 17.7. The highest BCUT2D eigenvalue weighted by molar-refractivity contribution is 7.90. The summed E-state index contributed by atoms with van der Waals surface area (Å²) in [5.41, 5.74) is 3.36. The molecule has 1 spiro atoms. The Hall–Kier alpha value is -3.93. The highest BCUT2D eigenvalue weighted by Crippen LogP contribution is 2.47. The zero-order valence-electron chi connectivity index (χ0n) is 36.2. The molecule has 1 amide bonds. The van der Waals surface area contributed by atoms with Gasteiger partial charge in [0.25, 0.3) is 14.2 Å². The Morgan fingerprint density at radius 3 is 2.34 bits per heavy atom. The van der Waals surface area contributed by atoms with Crippen LogP contribution in [0.15, 0.2) is 109 Å². The van der Waals surface area contributed by atoms with Gasteiger partial charge >= 0.3 is 0 Å². The van der Waals surface area contributed by atoms with Crippen LogP contribution in [-0.2, 0) is 31.0 Å². The van der Waals surface area contributed by atoms with Gasteiger partial charge in [-0.25, -0.2) is 13.1 Å². The summed E-state index contributed by atoms with van der Waals surface area (Å²) in [7, 11) is -5.39. The number of nitrogens with zero attached hydrogens (tertiary/aromatic N) is 1. The van der Waals surface area contributed by atoms with E-state index in [-0.39, 0.29) is 28.5 Å². The fraction of sp³-hybridized carbons (Fsp3) is 0.460. The van der Waals surface area contributed by atoms with E-state index in [9.17, 15) is 13.2 Å². The number of allylic oxidation sites excluding steroid dienone is 1. The van der Waals surface area contributed by atoms with E-state index in [2.05, 4.69) is 78.9 Å². The quantitative estimate of drug-likeness (QED) is 0.146. The minimum atomic E-state index is -4.18. The Morgan fingerprint density at radius 1 is 0.967 bits per heavy atom. The third-order valence-corrected chi connectivity index (χ3v) is 21.1. The number of anilines is 1. The molecule has 8 rings (SSSR count). The van der Waals surface area contributed by atoms with Crippen LogP contribution >= 0.6 is 11.6 Å². The minimum absolute atomic E-state index is 0.0978. The topological polar surface area (TPSA) is 94.2 Å². The molecule has 4 aromatic rings. The van der Waals surface area contributed by atoms with Crippen LogP contribution in [0.25, 0.3) is 0 Å². The molecule has 4 aliphatic rings. The lowest BCUT2D eigenvalue weighted by Crippen LogP contribution is -2.67. The first-order valence-electron chi connectivity index (χ1n) is 22.1. The van der Waals surface area contributed by atoms with Gasteiger partial charge in [-0.1, -0.05) is 111 Å². The summed E-state index contributed by atoms with van der Waals surface area (Å²) in [4.78, 5) is 16.6. The van der Waals surface area contributed by atoms with Crippen LogP contribution in [-0.4, -0.2) is 66.9 Å². The van der Waals surface area contributed by atoms with Crippen molar-refractivity contribution < 1.29 is 27.1 Å². The number of rotatable bonds is 7. The Morgan fingerprint density at radius 2 is 1.69 bits per heavy atom. The summed E-state index contributed by atoms with van der Waals surface area (Å²) in [5.74, 6) is 0.725. The van der Waals surface area contributed by atoms with Crippen molar-refractivity contribution in [3.05, 3.63) is 131 Å². The third-order valence-electron chi connectivity index (χ3n) is 14.0. The number of methoxy groups -OCH3 is 1. The second-order valence-corrected chi connectivity index (χ2v) is 25.6. The van der Waals surface area contributed by atoms with Gasteiger partial charge in [-0.15, -0.1) is 0 Å². The molecular weight excluding hydrogens is 820 g/mol. The van der Waals surface area contributed by atoms with Crippen LogP contribution in [0, 0.1) is 11.8 Å². The van der Waals surface area contributed by atoms with E-state index in [0.29, 0.717) is 43.6 Å². The first-order valence-corrected chi connectivity index (χ1v) is 25.9. The number of carbonyl (C=O) groups is 1. The molecule has 0 saturated heterocycles. The summed E-state index contributed by atoms with van der Waals surface area (Å²) < 4.78 is 52.0. The lowest BCUT2D eigenvalue weighted by atomic mass is 9.68. The number of carbonyl (C=O) groups excluding carboxylic acids is 1. The fourth-order valence-corrected chi connectivity index (χ4v) is 17.2. The van der Waals surface area contributed by atoms with Crippen molar-refractivity contribution in [2.75, 3.05) is 31.7 Å². The summed E-state index contributed by atoms with van der Waals surface area (Å²) in [6.07, 6.45) is 9.79. The molecule has 2 aliphatic carbocycles. The Balaban J connectivity index is 1.13. The number of fused-ring (bicyclic) bond motifs is 4. The summed E-state index contributed by atoms with van der Waals surface area (Å²) in [6.45, 7) is 10.6. The lowest BCUT2D eigenvalue weighted by Gasteiger charge is -2.46. The van der Waals surface area contributed by atoms with Gasteiger partial charge in [-0.3, -0.25) is 4.79 Å². The van der Waals surface area contributed by atoms with Crippen molar-refractivity contribution in [2.45, 2.75) is 107 Å². The average molecular weight is 882 g/mol. The normalized spacial score (nSPS) is 26.4. The molecule has 2 heterocycles. The Labute approximate surface area is 369 Å². The minimum Gasteiger partial charge on any atom is -0.490 e. The summed E-state index contributed by atoms with van der Waals surface area (Å²) in [5, 5.41) is 1.80. The zero-order valence-corrected chi connectivity index (χ0v) is 38.8. The predicted molar refractivity (Wildman–Crippen MR) is 249 cm³/mol. The van der Waals surface area contributed by atoms with E-state index in [4.69, 9.17) is 25.5 Å². The van der Waals surface area contributed by atoms with Crippen molar-refractivity contribution in [1.82, 2.24) is 4.72 Å². The van der Waals surface area contributed by atoms with Gasteiger partial charge in [0, 0.05) is 42.3 Å². The number of amides is 1. The molecule has 324 valence electrons. The largest absolute Gasteiger partial charge is 0.490 e. The molecule has 1 N–H and O–H groups in total. The summed E-state index contributed by atoms with van der Waals surface area (Å²) >= 11 is 6.50. The molecule has 8 nitrogen and oxygen atoms in total. The number of hydrogen-bond acceptors (Lipinski definition) is 7. The Kier molecular flexibility index (Phi) is 12.7. The van der Waals surface area contributed by atoms with E-state index in [1.807, 2.05) is 61.5 Å². The van der Waals surface area contributed by atoms with Gasteiger partial charge in [0.1, 0.15) is 5.75 Å². The van der Waals surface area contributed by atoms with Crippen molar-refractivity contribution >= 4 is 51.9 Å². The first kappa shape index (κ1) is 43.7. The standard InChI is InChI=1S/C50H61ClN2O6SSi/c1-35(59-61(49(2,3)4,41-17-8-6-9-18-41)42-19-10-7-11-20-42)29-40-16-12-13-21-46(57-5)43-25-22-38(43)32-53-33-50(28-14-15-36-30-39(51)24-26-44(36)50)34-58-47-27-23-37(31-45(47)53)48(54)52-60(40,55)56/h6-11,13,17-21,23-24,26-27,30-31,35,38,40,43,46H,12,14-16,22,25,28-29,32-34H2,1-5H3,(H,52,54)/b21-13-/t35-,38+,40+,43-,46+,50+/m1/s1. The zero-order chi connectivity index (χ0) is 43.0. The highest BCUT2D eigenvalue weighted by Gasteiger charge is 2.51. The number of aryl methyl sites for hydroxylation is 1. The Bertz CT molecular complexity index is 2300. The van der Waals surface area contributed by atoms with E-state index in [1.165, 1.54) is 11.1 Å². The third kappa shape index (κ3) is 8.72. The van der Waals surface area contributed by atoms with Gasteiger partial charge in [0.15, 0.2) is 0 Å². The van der Waals surface area contributed by atoms with Crippen molar-refractivity contribution in [3.8, 4) is 5.75 Å². The SMILES string of the molecule is CO[C@H]1/C=C\CC[C@@H](C[C@@H](C)O[Si](c2ccccc2)(c2ccccc2)C(C)(C)C)S(=O)(=O)NC(=O)c2ccc3c(c2)N(C[C@@H]2CC[C@H]21)C[C@@]1(CCCc2cc(Cl)ccc21)CO3. The van der Waals surface area contributed by atoms with Crippen LogP contribution in [0.5, 0.6) is 5.75 Å². The van der Waals surface area contributed by atoms with E-state index >= 15 is 0 Å². The van der Waals surface area contributed by atoms with Crippen molar-refractivity contribution in [1.29, 1.82) is 0 Å². The molecule has 4 aromatic carbocycles. The second-order valence-electron chi connectivity index (χ2n) is 18.9. The highest BCUT2D eigenvalue weighted by atomic mass is 35.5. The molecule has 0 unspecified atom stereocenters. The fourth-order valence-electron chi connectivity index (χ4n) is 10.8. The lowest BCUT2D eigenvalue weighted by molar-refractivity contribution is 0.0131. The van der Waals surface area contributed by atoms with E-state index in [0.717, 1.165) is 59.7 Å². The smallest absolute Gasteiger partial charge is 0.264 e. The number of hydrogen-bond donors (Lipinski definition) is 1.